The van der Waals surface area contributed by atoms with Crippen LogP contribution in [0.2, 0.25) is 0 Å². The lowest BCUT2D eigenvalue weighted by molar-refractivity contribution is 0.0733. The molecule has 0 N–H and O–H groups in total. The summed E-state index contributed by atoms with van der Waals surface area (Å²) in [4.78, 5) is 12.5. The molecule has 0 radical (unpaired) electrons. The van der Waals surface area contributed by atoms with Crippen LogP contribution in [0.25, 0.3) is 0 Å². The second-order valence-electron chi connectivity index (χ2n) is 6.32. The first-order chi connectivity index (χ1) is 13.0. The first-order valence-electron chi connectivity index (χ1n) is 8.79. The Kier molecular flexibility index (Phi) is 6.30. The van der Waals surface area contributed by atoms with Gasteiger partial charge in [0.15, 0.2) is 0 Å². The number of benzene rings is 3. The van der Waals surface area contributed by atoms with Gasteiger partial charge in [0.25, 0.3) is 0 Å². The fourth-order valence-electron chi connectivity index (χ4n) is 2.66. The van der Waals surface area contributed by atoms with Crippen molar-refractivity contribution in [3.8, 4) is 11.5 Å². The van der Waals surface area contributed by atoms with Crippen molar-refractivity contribution in [3.05, 3.63) is 93.5 Å². The van der Waals surface area contributed by atoms with Gasteiger partial charge in [-0.2, -0.15) is 0 Å². The highest BCUT2D eigenvalue weighted by Crippen LogP contribution is 2.27. The highest BCUT2D eigenvalue weighted by atomic mass is 79.9. The summed E-state index contributed by atoms with van der Waals surface area (Å²) in [7, 11) is 0. The molecule has 0 atom stereocenters. The predicted octanol–water partition coefficient (Wildman–Crippen LogP) is 5.91. The third-order valence-corrected chi connectivity index (χ3v) is 5.04. The van der Waals surface area contributed by atoms with Crippen LogP contribution in [0, 0.1) is 13.8 Å². The monoisotopic (exact) mass is 424 g/mol. The zero-order chi connectivity index (χ0) is 19.2. The van der Waals surface area contributed by atoms with E-state index in [9.17, 15) is 4.79 Å². The number of hydrogen-bond donors (Lipinski definition) is 0. The van der Waals surface area contributed by atoms with Crippen molar-refractivity contribution in [2.24, 2.45) is 0 Å². The first kappa shape index (κ1) is 19.2. The highest BCUT2D eigenvalue weighted by Gasteiger charge is 2.13. The van der Waals surface area contributed by atoms with Crippen molar-refractivity contribution in [1.29, 1.82) is 0 Å². The maximum absolute atomic E-state index is 12.5. The van der Waals surface area contributed by atoms with Crippen molar-refractivity contribution in [2.75, 3.05) is 6.61 Å². The lowest BCUT2D eigenvalue weighted by Crippen LogP contribution is -2.10. The largest absolute Gasteiger partial charge is 0.492 e. The number of carbonyl (C=O) groups is 1. The van der Waals surface area contributed by atoms with E-state index >= 15 is 0 Å². The summed E-state index contributed by atoms with van der Waals surface area (Å²) in [5, 5.41) is 0. The summed E-state index contributed by atoms with van der Waals surface area (Å²) in [5.74, 6) is 0.897. The molecule has 27 heavy (non-hydrogen) atoms. The lowest BCUT2D eigenvalue weighted by atomic mass is 10.1. The third kappa shape index (κ3) is 4.98. The Morgan fingerprint density at radius 3 is 2.44 bits per heavy atom. The van der Waals surface area contributed by atoms with Gasteiger partial charge in [-0.3, -0.25) is 0 Å². The van der Waals surface area contributed by atoms with Crippen LogP contribution in [0.3, 0.4) is 0 Å². The molecule has 3 rings (SSSR count). The molecule has 4 heteroatoms. The van der Waals surface area contributed by atoms with Crippen molar-refractivity contribution >= 4 is 21.9 Å². The molecular formula is C23H21BrO3. The van der Waals surface area contributed by atoms with Crippen LogP contribution in [0.15, 0.2) is 71.2 Å². The van der Waals surface area contributed by atoms with E-state index in [0.29, 0.717) is 23.7 Å². The van der Waals surface area contributed by atoms with E-state index in [2.05, 4.69) is 28.1 Å². The van der Waals surface area contributed by atoms with E-state index in [-0.39, 0.29) is 5.97 Å². The van der Waals surface area contributed by atoms with Gasteiger partial charge in [-0.25, -0.2) is 4.79 Å². The van der Waals surface area contributed by atoms with Crippen LogP contribution in [0.1, 0.15) is 27.0 Å². The molecule has 0 saturated carbocycles. The van der Waals surface area contributed by atoms with Gasteiger partial charge in [-0.15, -0.1) is 0 Å². The van der Waals surface area contributed by atoms with Crippen molar-refractivity contribution in [2.45, 2.75) is 20.3 Å². The minimum absolute atomic E-state index is 0.389. The van der Waals surface area contributed by atoms with Crippen molar-refractivity contribution in [1.82, 2.24) is 0 Å². The molecule has 0 aliphatic rings. The Hall–Kier alpha value is -2.59. The number of aryl methyl sites for hydroxylation is 1. The predicted molar refractivity (Wildman–Crippen MR) is 111 cm³/mol. The Bertz CT molecular complexity index is 936. The fraction of sp³-hybridized carbons (Fsp3) is 0.174. The molecule has 0 aromatic heterocycles. The Morgan fingerprint density at radius 2 is 1.70 bits per heavy atom. The van der Waals surface area contributed by atoms with Crippen molar-refractivity contribution in [3.63, 3.8) is 0 Å². The maximum Gasteiger partial charge on any atom is 0.343 e. The molecule has 0 aliphatic heterocycles. The van der Waals surface area contributed by atoms with E-state index in [0.717, 1.165) is 22.0 Å². The molecule has 0 spiro atoms. The second-order valence-corrected chi connectivity index (χ2v) is 7.17. The van der Waals surface area contributed by atoms with Gasteiger partial charge in [0.2, 0.25) is 0 Å². The quantitative estimate of drug-likeness (QED) is 0.364. The van der Waals surface area contributed by atoms with Crippen LogP contribution in [0.4, 0.5) is 0 Å². The van der Waals surface area contributed by atoms with Crippen LogP contribution in [0.5, 0.6) is 11.5 Å². The van der Waals surface area contributed by atoms with Gasteiger partial charge in [-0.1, -0.05) is 42.5 Å². The molecule has 3 aromatic rings. The number of carbonyl (C=O) groups excluding carboxylic acids is 1. The number of ether oxygens (including phenoxy) is 2. The molecule has 0 saturated heterocycles. The number of rotatable bonds is 6. The van der Waals surface area contributed by atoms with E-state index in [1.165, 1.54) is 5.56 Å². The molecule has 3 nitrogen and oxygen atoms in total. The molecule has 0 amide bonds. The fourth-order valence-corrected chi connectivity index (χ4v) is 3.16. The molecule has 0 unspecified atom stereocenters. The van der Waals surface area contributed by atoms with Gasteiger partial charge in [0.05, 0.1) is 16.6 Å². The SMILES string of the molecule is Cc1cccc(OC(=O)c2ccc(OCCc3ccccc3)c(Br)c2)c1C. The van der Waals surface area contributed by atoms with Crippen LogP contribution < -0.4 is 9.47 Å². The minimum Gasteiger partial charge on any atom is -0.492 e. The Labute approximate surface area is 168 Å². The lowest BCUT2D eigenvalue weighted by Gasteiger charge is -2.11. The molecule has 138 valence electrons. The number of esters is 1. The molecule has 0 bridgehead atoms. The zero-order valence-corrected chi connectivity index (χ0v) is 17.0. The highest BCUT2D eigenvalue weighted by molar-refractivity contribution is 9.10. The zero-order valence-electron chi connectivity index (χ0n) is 15.4. The summed E-state index contributed by atoms with van der Waals surface area (Å²) in [5.41, 5.74) is 3.75. The maximum atomic E-state index is 12.5. The van der Waals surface area contributed by atoms with Gasteiger partial charge < -0.3 is 9.47 Å². The number of halogens is 1. The summed E-state index contributed by atoms with van der Waals surface area (Å²) in [6.07, 6.45) is 0.823. The molecular weight excluding hydrogens is 404 g/mol. The van der Waals surface area contributed by atoms with E-state index < -0.39 is 0 Å². The summed E-state index contributed by atoms with van der Waals surface area (Å²) >= 11 is 3.48. The summed E-state index contributed by atoms with van der Waals surface area (Å²) in [6, 6.07) is 21.1. The van der Waals surface area contributed by atoms with Crippen LogP contribution in [-0.2, 0) is 6.42 Å². The third-order valence-electron chi connectivity index (χ3n) is 4.42. The molecule has 0 fully saturated rings. The molecule has 3 aromatic carbocycles. The van der Waals surface area contributed by atoms with E-state index in [1.807, 2.05) is 44.2 Å². The van der Waals surface area contributed by atoms with Gasteiger partial charge >= 0.3 is 5.97 Å². The molecule has 0 aliphatic carbocycles. The van der Waals surface area contributed by atoms with Crippen LogP contribution >= 0.6 is 15.9 Å². The summed E-state index contributed by atoms with van der Waals surface area (Å²) in [6.45, 7) is 4.50. The van der Waals surface area contributed by atoms with Crippen molar-refractivity contribution < 1.29 is 14.3 Å². The normalized spacial score (nSPS) is 10.5. The minimum atomic E-state index is -0.389. The summed E-state index contributed by atoms with van der Waals surface area (Å²) < 4.78 is 12.1. The first-order valence-corrected chi connectivity index (χ1v) is 9.58. The van der Waals surface area contributed by atoms with Gasteiger partial charge in [0.1, 0.15) is 11.5 Å². The van der Waals surface area contributed by atoms with Gasteiger partial charge in [-0.05, 0) is 70.7 Å². The average molecular weight is 425 g/mol. The Morgan fingerprint density at radius 1 is 0.926 bits per heavy atom. The van der Waals surface area contributed by atoms with Crippen LogP contribution in [-0.4, -0.2) is 12.6 Å². The smallest absolute Gasteiger partial charge is 0.343 e. The topological polar surface area (TPSA) is 35.5 Å². The molecule has 0 heterocycles. The van der Waals surface area contributed by atoms with E-state index in [1.54, 1.807) is 24.3 Å². The Balaban J connectivity index is 1.63. The number of hydrogen-bond acceptors (Lipinski definition) is 3. The van der Waals surface area contributed by atoms with E-state index in [4.69, 9.17) is 9.47 Å². The van der Waals surface area contributed by atoms with Gasteiger partial charge in [0, 0.05) is 6.42 Å². The standard InChI is InChI=1S/C23H21BrO3/c1-16-7-6-10-21(17(16)2)27-23(25)19-11-12-22(20(24)15-19)26-14-13-18-8-4-3-5-9-18/h3-12,15H,13-14H2,1-2H3. The average Bonchev–Trinajstić information content (AvgIpc) is 2.67. The second kappa shape index (κ2) is 8.87.